The molecule has 3 heterocycles. The Bertz CT molecular complexity index is 1260. The molecular weight excluding hydrogens is 458 g/mol. The Balaban J connectivity index is 1.54. The van der Waals surface area contributed by atoms with E-state index in [1.54, 1.807) is 23.2 Å². The number of ether oxygens (including phenoxy) is 1. The van der Waals surface area contributed by atoms with Crippen LogP contribution in [0.3, 0.4) is 0 Å². The Morgan fingerprint density at radius 1 is 1.38 bits per heavy atom. The average molecular weight is 477 g/mol. The molecule has 2 N–H and O–H groups in total. The molecule has 1 atom stereocenters. The van der Waals surface area contributed by atoms with Crippen LogP contribution in [-0.4, -0.2) is 31.4 Å². The molecule has 1 unspecified atom stereocenters. The van der Waals surface area contributed by atoms with Crippen LogP contribution in [0.2, 0.25) is 5.02 Å². The number of carbonyl (C=O) groups is 1. The topological polar surface area (TPSA) is 133 Å². The Labute approximate surface area is 190 Å². The second-order valence-corrected chi connectivity index (χ2v) is 9.35. The monoisotopic (exact) mass is 476 g/mol. The summed E-state index contributed by atoms with van der Waals surface area (Å²) in [6, 6.07) is 5.20. The van der Waals surface area contributed by atoms with Crippen LogP contribution in [0.25, 0.3) is 11.0 Å². The fourth-order valence-electron chi connectivity index (χ4n) is 3.91. The zero-order chi connectivity index (χ0) is 22.6. The molecule has 1 aliphatic carbocycles. The molecule has 0 radical (unpaired) electrons. The van der Waals surface area contributed by atoms with Crippen LogP contribution in [-0.2, 0) is 21.5 Å². The van der Waals surface area contributed by atoms with Gasteiger partial charge in [-0.15, -0.1) is 0 Å². The first-order valence-corrected chi connectivity index (χ1v) is 11.4. The number of aromatic nitrogens is 2. The number of hydrazine groups is 1. The van der Waals surface area contributed by atoms with Crippen molar-refractivity contribution in [1.82, 2.24) is 15.0 Å². The second-order valence-electron chi connectivity index (χ2n) is 8.27. The number of benzene rings is 1. The van der Waals surface area contributed by atoms with Crippen LogP contribution in [0.4, 0.5) is 17.2 Å². The fraction of sp³-hybridized carbons (Fsp3) is 0.350. The van der Waals surface area contributed by atoms with E-state index >= 15 is 0 Å². The van der Waals surface area contributed by atoms with Gasteiger partial charge in [-0.25, -0.2) is 4.98 Å². The number of halogens is 1. The molecule has 0 saturated heterocycles. The third kappa shape index (κ3) is 3.41. The molecule has 1 saturated carbocycles. The van der Waals surface area contributed by atoms with E-state index in [2.05, 4.69) is 15.6 Å². The van der Waals surface area contributed by atoms with Crippen LogP contribution in [0.5, 0.6) is 5.88 Å². The lowest BCUT2D eigenvalue weighted by Crippen LogP contribution is -2.28. The highest BCUT2D eigenvalue weighted by atomic mass is 35.5. The van der Waals surface area contributed by atoms with Gasteiger partial charge in [0.25, 0.3) is 0 Å². The van der Waals surface area contributed by atoms with Gasteiger partial charge in [0.15, 0.2) is 11.4 Å². The number of carbonyl (C=O) groups excluding carboxylic acids is 1. The number of hydrogen-bond donors (Lipinski definition) is 2. The largest absolute Gasteiger partial charge is 0.759 e. The highest BCUT2D eigenvalue weighted by Crippen LogP contribution is 2.60. The second kappa shape index (κ2) is 7.69. The zero-order valence-electron chi connectivity index (χ0n) is 17.2. The molecule has 5 rings (SSSR count). The molecular formula is C20H19ClN5O5S-. The van der Waals surface area contributed by atoms with Crippen molar-refractivity contribution in [2.75, 3.05) is 16.9 Å². The summed E-state index contributed by atoms with van der Waals surface area (Å²) in [5.74, 6) is 0.795. The molecule has 2 aromatic heterocycles. The van der Waals surface area contributed by atoms with E-state index in [0.717, 1.165) is 5.56 Å². The standard InChI is InChI=1S/C20H20ClN5O5S/c1-10(2)9-30-18-14(21)5-11(8-22-18)26-15-7-16-12(17(24-31-16)23-25-32(28)29)6-13(15)20(3-4-20)19(26)27/h5-8,10,25H,3-4,9H2,1-2H3,(H,23,24)(H,28,29)/p-1. The summed E-state index contributed by atoms with van der Waals surface area (Å²) in [6.07, 6.45) is 3.00. The molecule has 2 aliphatic rings. The van der Waals surface area contributed by atoms with Crippen LogP contribution >= 0.6 is 11.6 Å². The Kier molecular flexibility index (Phi) is 5.08. The fourth-order valence-corrected chi connectivity index (χ4v) is 4.31. The first kappa shape index (κ1) is 21.1. The summed E-state index contributed by atoms with van der Waals surface area (Å²) in [5, 5.41) is 4.76. The minimum atomic E-state index is -2.53. The molecule has 32 heavy (non-hydrogen) atoms. The molecule has 0 bridgehead atoms. The third-order valence-corrected chi connectivity index (χ3v) is 6.10. The van der Waals surface area contributed by atoms with E-state index in [1.807, 2.05) is 24.7 Å². The minimum Gasteiger partial charge on any atom is -0.759 e. The van der Waals surface area contributed by atoms with Crippen molar-refractivity contribution in [1.29, 1.82) is 0 Å². The van der Waals surface area contributed by atoms with Crippen LogP contribution in [0.1, 0.15) is 32.3 Å². The normalized spacial score (nSPS) is 17.3. The van der Waals surface area contributed by atoms with Crippen LogP contribution in [0.15, 0.2) is 28.9 Å². The van der Waals surface area contributed by atoms with Crippen molar-refractivity contribution < 1.29 is 22.8 Å². The Morgan fingerprint density at radius 3 is 2.81 bits per heavy atom. The van der Waals surface area contributed by atoms with Gasteiger partial charge in [0.05, 0.1) is 35.0 Å². The molecule has 168 valence electrons. The van der Waals surface area contributed by atoms with Gasteiger partial charge >= 0.3 is 0 Å². The summed E-state index contributed by atoms with van der Waals surface area (Å²) in [7, 11) is 0. The predicted octanol–water partition coefficient (Wildman–Crippen LogP) is 3.33. The predicted molar refractivity (Wildman–Crippen MR) is 117 cm³/mol. The maximum atomic E-state index is 13.4. The SMILES string of the molecule is CC(C)COc1ncc(N2C(=O)C3(CC3)c3cc4c(NNS(=O)[O-])noc4cc32)cc1Cl. The highest BCUT2D eigenvalue weighted by molar-refractivity contribution is 7.77. The maximum Gasteiger partial charge on any atom is 0.242 e. The van der Waals surface area contributed by atoms with E-state index in [1.165, 1.54) is 0 Å². The first-order chi connectivity index (χ1) is 15.3. The van der Waals surface area contributed by atoms with Crippen molar-refractivity contribution in [2.24, 2.45) is 5.92 Å². The molecule has 1 aromatic carbocycles. The van der Waals surface area contributed by atoms with Crippen molar-refractivity contribution in [3.8, 4) is 5.88 Å². The van der Waals surface area contributed by atoms with Crippen LogP contribution < -0.4 is 19.9 Å². The van der Waals surface area contributed by atoms with E-state index < -0.39 is 16.7 Å². The van der Waals surface area contributed by atoms with E-state index in [0.29, 0.717) is 58.6 Å². The molecule has 1 fully saturated rings. The van der Waals surface area contributed by atoms with Gasteiger partial charge in [-0.3, -0.25) is 19.3 Å². The number of hydrogen-bond acceptors (Lipinski definition) is 8. The molecule has 12 heteroatoms. The third-order valence-electron chi connectivity index (χ3n) is 5.56. The minimum absolute atomic E-state index is 0.0601. The Hall–Kier alpha value is -2.73. The highest BCUT2D eigenvalue weighted by Gasteiger charge is 2.60. The number of rotatable bonds is 7. The van der Waals surface area contributed by atoms with Crippen molar-refractivity contribution >= 4 is 56.9 Å². The van der Waals surface area contributed by atoms with Gasteiger partial charge in [-0.05, 0) is 36.5 Å². The lowest BCUT2D eigenvalue weighted by Gasteiger charge is -2.19. The van der Waals surface area contributed by atoms with Gasteiger partial charge in [-0.2, -0.15) is 4.83 Å². The average Bonchev–Trinajstić information content (AvgIpc) is 3.40. The smallest absolute Gasteiger partial charge is 0.242 e. The van der Waals surface area contributed by atoms with E-state index in [4.69, 9.17) is 20.9 Å². The lowest BCUT2D eigenvalue weighted by molar-refractivity contribution is -0.119. The summed E-state index contributed by atoms with van der Waals surface area (Å²) >= 11 is 3.87. The number of pyridine rings is 1. The quantitative estimate of drug-likeness (QED) is 0.392. The number of nitrogens with zero attached hydrogens (tertiary/aromatic N) is 3. The molecule has 1 spiro atoms. The Morgan fingerprint density at radius 2 is 2.16 bits per heavy atom. The van der Waals surface area contributed by atoms with Gasteiger partial charge in [0, 0.05) is 17.3 Å². The van der Waals surface area contributed by atoms with Crippen LogP contribution in [0, 0.1) is 5.92 Å². The summed E-state index contributed by atoms with van der Waals surface area (Å²) in [4.78, 5) is 21.4. The zero-order valence-corrected chi connectivity index (χ0v) is 18.7. The first-order valence-electron chi connectivity index (χ1n) is 9.98. The summed E-state index contributed by atoms with van der Waals surface area (Å²) in [6.45, 7) is 4.53. The summed E-state index contributed by atoms with van der Waals surface area (Å²) in [5.41, 5.74) is 4.29. The molecule has 1 aliphatic heterocycles. The van der Waals surface area contributed by atoms with E-state index in [-0.39, 0.29) is 11.7 Å². The number of anilines is 3. The van der Waals surface area contributed by atoms with Crippen molar-refractivity contribution in [3.05, 3.63) is 35.0 Å². The number of fused-ring (bicyclic) bond motifs is 3. The number of amides is 1. The van der Waals surface area contributed by atoms with Gasteiger partial charge in [-0.1, -0.05) is 30.6 Å². The summed E-state index contributed by atoms with van der Waals surface area (Å²) < 4.78 is 32.6. The van der Waals surface area contributed by atoms with Crippen molar-refractivity contribution in [3.63, 3.8) is 0 Å². The maximum absolute atomic E-state index is 13.4. The van der Waals surface area contributed by atoms with Gasteiger partial charge < -0.3 is 13.8 Å². The number of nitrogens with one attached hydrogen (secondary N) is 2. The lowest BCUT2D eigenvalue weighted by atomic mass is 9.96. The van der Waals surface area contributed by atoms with Gasteiger partial charge in [0.1, 0.15) is 5.02 Å². The van der Waals surface area contributed by atoms with Gasteiger partial charge in [0.2, 0.25) is 11.8 Å². The molecule has 10 nitrogen and oxygen atoms in total. The molecule has 1 amide bonds. The molecule has 3 aromatic rings. The van der Waals surface area contributed by atoms with Crippen molar-refractivity contribution in [2.45, 2.75) is 32.1 Å². The van der Waals surface area contributed by atoms with E-state index in [9.17, 15) is 13.6 Å².